The van der Waals surface area contributed by atoms with Crippen molar-refractivity contribution in [1.29, 1.82) is 0 Å². The molecule has 1 aromatic heterocycles. The topological polar surface area (TPSA) is 68.1 Å². The minimum absolute atomic E-state index is 0.596. The number of allylic oxidation sites excluding steroid dienone is 5. The summed E-state index contributed by atoms with van der Waals surface area (Å²) in [4.78, 5) is 14.8. The Hall–Kier alpha value is -3.42. The van der Waals surface area contributed by atoms with Crippen LogP contribution in [0.1, 0.15) is 39.3 Å². The molecular weight excluding hydrogens is 500 g/mol. The number of nitrogens with one attached hydrogen (secondary N) is 1. The van der Waals surface area contributed by atoms with E-state index >= 15 is 0 Å². The lowest BCUT2D eigenvalue weighted by atomic mass is 10.0. The van der Waals surface area contributed by atoms with Crippen molar-refractivity contribution < 1.29 is 14.3 Å². The lowest BCUT2D eigenvalue weighted by Crippen LogP contribution is -2.38. The van der Waals surface area contributed by atoms with Gasteiger partial charge in [-0.25, -0.2) is 0 Å². The number of aromatic nitrogens is 1. The molecule has 1 N–H and O–H groups in total. The first kappa shape index (κ1) is 36.6. The van der Waals surface area contributed by atoms with Crippen LogP contribution in [0.3, 0.4) is 0 Å². The Morgan fingerprint density at radius 3 is 2.35 bits per heavy atom. The van der Waals surface area contributed by atoms with Crippen molar-refractivity contribution in [3.63, 3.8) is 0 Å². The van der Waals surface area contributed by atoms with Crippen molar-refractivity contribution in [2.24, 2.45) is 10.9 Å². The lowest BCUT2D eigenvalue weighted by molar-refractivity contribution is -0.109. The van der Waals surface area contributed by atoms with Gasteiger partial charge in [0.1, 0.15) is 5.75 Å². The number of para-hydroxylation sites is 1. The van der Waals surface area contributed by atoms with Crippen molar-refractivity contribution in [3.8, 4) is 5.75 Å². The van der Waals surface area contributed by atoms with Crippen LogP contribution in [0.2, 0.25) is 0 Å². The molecule has 222 valence electrons. The largest absolute Gasteiger partial charge is 0.495 e. The fourth-order valence-electron chi connectivity index (χ4n) is 4.05. The minimum atomic E-state index is 0.596. The number of amides is 1. The summed E-state index contributed by atoms with van der Waals surface area (Å²) in [6, 6.07) is 8.72. The number of methoxy groups -OCH3 is 1. The molecule has 1 atom stereocenters. The Bertz CT molecular complexity index is 1010. The van der Waals surface area contributed by atoms with E-state index in [1.54, 1.807) is 20.2 Å². The molecule has 40 heavy (non-hydrogen) atoms. The smallest absolute Gasteiger partial charge is 0.206 e. The number of carbonyl (C=O) groups excluding carboxylic acids is 1. The maximum Gasteiger partial charge on any atom is 0.206 e. The molecule has 0 radical (unpaired) electrons. The van der Waals surface area contributed by atoms with Gasteiger partial charge in [-0.3, -0.25) is 14.7 Å². The second-order valence-corrected chi connectivity index (χ2v) is 9.13. The highest BCUT2D eigenvalue weighted by Gasteiger charge is 2.17. The van der Waals surface area contributed by atoms with Crippen LogP contribution in [-0.4, -0.2) is 69.6 Å². The fraction of sp³-hybridized carbons (Fsp3) is 0.455. The predicted octanol–water partition coefficient (Wildman–Crippen LogP) is 6.46. The molecule has 1 aliphatic heterocycles. The van der Waals surface area contributed by atoms with Crippen LogP contribution >= 0.6 is 0 Å². The highest BCUT2D eigenvalue weighted by molar-refractivity contribution is 5.87. The fourth-order valence-corrected chi connectivity index (χ4v) is 4.05. The molecule has 0 aliphatic carbocycles. The summed E-state index contributed by atoms with van der Waals surface area (Å²) in [6.45, 7) is 21.9. The van der Waals surface area contributed by atoms with Crippen LogP contribution in [0.5, 0.6) is 5.75 Å². The highest BCUT2D eigenvalue weighted by Crippen LogP contribution is 2.30. The summed E-state index contributed by atoms with van der Waals surface area (Å²) in [7, 11) is 3.33. The van der Waals surface area contributed by atoms with Crippen molar-refractivity contribution >= 4 is 24.0 Å². The van der Waals surface area contributed by atoms with Gasteiger partial charge in [0.15, 0.2) is 0 Å². The number of fused-ring (bicyclic) bond motifs is 1. The summed E-state index contributed by atoms with van der Waals surface area (Å²) in [5.41, 5.74) is 2.63. The number of carbonyl (C=O) groups is 1. The molecular formula is C33H52N4O3. The molecule has 2 heterocycles. The van der Waals surface area contributed by atoms with E-state index in [0.29, 0.717) is 12.3 Å². The van der Waals surface area contributed by atoms with Gasteiger partial charge < -0.3 is 19.4 Å². The molecule has 3 rings (SSSR count). The zero-order valence-corrected chi connectivity index (χ0v) is 25.5. The van der Waals surface area contributed by atoms with E-state index in [1.807, 2.05) is 6.92 Å². The monoisotopic (exact) mass is 552 g/mol. The second kappa shape index (κ2) is 24.6. The van der Waals surface area contributed by atoms with E-state index in [9.17, 15) is 0 Å². The number of hydrogen-bond acceptors (Lipinski definition) is 5. The molecule has 0 spiro atoms. The highest BCUT2D eigenvalue weighted by atomic mass is 16.5. The van der Waals surface area contributed by atoms with Gasteiger partial charge in [0.25, 0.3) is 0 Å². The SMILES string of the molecule is C=CC.C=CN=C.CC/C=C\C=C/CC(C)Cc1cc2cccc(OC)c2n1CCN1CCOCC1.CNC=O. The van der Waals surface area contributed by atoms with Gasteiger partial charge in [-0.1, -0.05) is 62.9 Å². The minimum Gasteiger partial charge on any atom is -0.495 e. The third-order valence-corrected chi connectivity index (χ3v) is 5.89. The zero-order valence-electron chi connectivity index (χ0n) is 25.5. The van der Waals surface area contributed by atoms with Gasteiger partial charge in [-0.15, -0.1) is 6.58 Å². The Morgan fingerprint density at radius 2 is 1.80 bits per heavy atom. The number of hydrogen-bond donors (Lipinski definition) is 1. The average Bonchev–Trinajstić information content (AvgIpc) is 3.34. The molecule has 1 aromatic carbocycles. The molecule has 1 fully saturated rings. The van der Waals surface area contributed by atoms with Crippen LogP contribution in [0.4, 0.5) is 0 Å². The number of ether oxygens (including phenoxy) is 2. The van der Waals surface area contributed by atoms with Crippen LogP contribution in [0.25, 0.3) is 10.9 Å². The predicted molar refractivity (Wildman–Crippen MR) is 173 cm³/mol. The van der Waals surface area contributed by atoms with Crippen molar-refractivity contribution in [3.05, 3.63) is 79.7 Å². The van der Waals surface area contributed by atoms with Gasteiger partial charge >= 0.3 is 0 Å². The van der Waals surface area contributed by atoms with E-state index in [4.69, 9.17) is 14.3 Å². The van der Waals surface area contributed by atoms with Gasteiger partial charge in [0.05, 0.1) is 25.8 Å². The first-order valence-corrected chi connectivity index (χ1v) is 14.0. The number of morpholine rings is 1. The van der Waals surface area contributed by atoms with E-state index in [0.717, 1.165) is 64.4 Å². The Balaban J connectivity index is 0.00000119. The first-order valence-electron chi connectivity index (χ1n) is 14.0. The van der Waals surface area contributed by atoms with Crippen molar-refractivity contribution in [2.75, 3.05) is 47.0 Å². The summed E-state index contributed by atoms with van der Waals surface area (Å²) < 4.78 is 13.7. The quantitative estimate of drug-likeness (QED) is 0.142. The molecule has 1 unspecified atom stereocenters. The maximum atomic E-state index is 9.06. The molecule has 1 saturated heterocycles. The lowest BCUT2D eigenvalue weighted by Gasteiger charge is -2.27. The molecule has 1 aliphatic rings. The van der Waals surface area contributed by atoms with Gasteiger partial charge in [-0.05, 0) is 51.0 Å². The zero-order chi connectivity index (χ0) is 30.0. The van der Waals surface area contributed by atoms with E-state index in [-0.39, 0.29) is 0 Å². The average molecular weight is 553 g/mol. The van der Waals surface area contributed by atoms with Gasteiger partial charge in [-0.2, -0.15) is 0 Å². The van der Waals surface area contributed by atoms with Crippen molar-refractivity contribution in [1.82, 2.24) is 14.8 Å². The number of benzene rings is 1. The maximum absolute atomic E-state index is 9.06. The summed E-state index contributed by atoms with van der Waals surface area (Å²) in [5.74, 6) is 1.56. The molecule has 7 nitrogen and oxygen atoms in total. The standard InChI is InChI=1S/C25H36N2O2.C3H5N.C3H6.C2H5NO/c1-4-5-6-7-8-10-21(2)19-23-20-22-11-9-12-24(28-3)25(22)27(23)14-13-26-15-17-29-18-16-26;1-3-4-2;1-3-2;1-3-2-4/h5-9,11-12,20-21H,4,10,13-19H2,1-3H3;3H,1-2H2;3H,1H2,2H3;2H,1H3,(H,3,4)/b6-5-,8-7-;;;. The molecule has 7 heteroatoms. The third kappa shape index (κ3) is 15.2. The second-order valence-electron chi connectivity index (χ2n) is 9.13. The Morgan fingerprint density at radius 1 is 1.18 bits per heavy atom. The van der Waals surface area contributed by atoms with Gasteiger partial charge in [0.2, 0.25) is 6.41 Å². The summed E-state index contributed by atoms with van der Waals surface area (Å²) >= 11 is 0. The molecule has 1 amide bonds. The molecule has 2 aromatic rings. The summed E-state index contributed by atoms with van der Waals surface area (Å²) in [6.07, 6.45) is 15.8. The number of aliphatic imine (C=N–C) groups is 1. The summed E-state index contributed by atoms with van der Waals surface area (Å²) in [5, 5.41) is 3.52. The normalized spacial score (nSPS) is 13.6. The molecule has 0 bridgehead atoms. The van der Waals surface area contributed by atoms with Crippen LogP contribution < -0.4 is 10.1 Å². The Labute approximate surface area is 243 Å². The van der Waals surface area contributed by atoms with Crippen molar-refractivity contribution in [2.45, 2.75) is 46.6 Å². The van der Waals surface area contributed by atoms with Gasteiger partial charge in [0, 0.05) is 50.5 Å². The van der Waals surface area contributed by atoms with Crippen LogP contribution in [0, 0.1) is 5.92 Å². The Kier molecular flexibility index (Phi) is 22.5. The number of rotatable bonds is 12. The first-order chi connectivity index (χ1) is 19.5. The third-order valence-electron chi connectivity index (χ3n) is 5.89. The van der Waals surface area contributed by atoms with E-state index in [2.05, 4.69) is 102 Å². The van der Waals surface area contributed by atoms with E-state index in [1.165, 1.54) is 22.8 Å². The van der Waals surface area contributed by atoms with Crippen LogP contribution in [0.15, 0.2) is 79.0 Å². The number of nitrogens with zero attached hydrogens (tertiary/aromatic N) is 3. The van der Waals surface area contributed by atoms with E-state index < -0.39 is 0 Å². The van der Waals surface area contributed by atoms with Crippen LogP contribution in [-0.2, 0) is 22.5 Å². The molecule has 0 saturated carbocycles.